The van der Waals surface area contributed by atoms with E-state index in [9.17, 15) is 39.6 Å². The van der Waals surface area contributed by atoms with Gasteiger partial charge in [-0.3, -0.25) is 19.2 Å². The number of allylic oxidation sites excluding steroid dienone is 2. The zero-order valence-corrected chi connectivity index (χ0v) is 37.8. The number of hydrogen-bond donors (Lipinski definition) is 5. The molecule has 4 bridgehead atoms. The fourth-order valence-corrected chi connectivity index (χ4v) is 9.11. The van der Waals surface area contributed by atoms with Gasteiger partial charge in [0.15, 0.2) is 22.4 Å². The lowest BCUT2D eigenvalue weighted by molar-refractivity contribution is -0.160. The molecule has 9 atom stereocenters. The van der Waals surface area contributed by atoms with Crippen molar-refractivity contribution < 1.29 is 53.4 Å². The van der Waals surface area contributed by atoms with E-state index in [1.807, 2.05) is 23.9 Å². The quantitative estimate of drug-likeness (QED) is 0.106. The van der Waals surface area contributed by atoms with Crippen molar-refractivity contribution in [1.29, 1.82) is 0 Å². The number of amides is 1. The third kappa shape index (κ3) is 7.58. The molecular formula is C47H56N4O13. The standard InChI is InChI=1S/C47H56N4O13/c1-20-13-12-14-21(2)46(59)49-35-40(57)31-30(34-43(35)63-44-33(48-34)28(53)19-27-36(44)51(10)17-16-50(27)9)32-42(25(6)39(31)56)64-47(8,45(32)58)61-18-15-29(60-11)22(3)41(62-26(7)52)24(5)38(55)23(4)37(20)54/h12-15,18-20,22-24,29,37-38,41,54-56,58H,16-17H2,1-11H3,(H,49,59)/b13-12+,18-15+,21-14-/t20-,22+,23+,24-,29-,37-,38-,41+,47-/m0/s1. The second-order valence-corrected chi connectivity index (χ2v) is 17.5. The predicted octanol–water partition coefficient (Wildman–Crippen LogP) is 4.45. The van der Waals surface area contributed by atoms with Crippen LogP contribution in [0.2, 0.25) is 0 Å². The number of aliphatic hydroxyl groups excluding tert-OH is 3. The number of nitrogens with zero attached hydrogens (tertiary/aromatic N) is 3. The van der Waals surface area contributed by atoms with Crippen LogP contribution in [0.5, 0.6) is 11.5 Å². The summed E-state index contributed by atoms with van der Waals surface area (Å²) in [5, 5.41) is 49.2. The Labute approximate surface area is 368 Å². The molecule has 3 aromatic carbocycles. The summed E-state index contributed by atoms with van der Waals surface area (Å²) in [6.45, 7) is 13.8. The molecule has 64 heavy (non-hydrogen) atoms. The summed E-state index contributed by atoms with van der Waals surface area (Å²) in [7, 11) is 5.11. The SMILES string of the molecule is CO[C@H]1/C=C/O[C@@]2(C)Oc3c(C)c(O)c4c(=O)c(c5oc6c7c(cc(=O)c6nc5c4c3=C2O)N(C)CCN7C)NC(=O)/C(C)=C\C=C\[C@H](C)[C@H](O)[C@@H](C)[C@H](O)[C@H](C)[C@H](OC(C)=O)[C@@H]1C. The average molecular weight is 885 g/mol. The molecule has 3 aliphatic heterocycles. The van der Waals surface area contributed by atoms with Crippen LogP contribution in [0.25, 0.3) is 38.7 Å². The van der Waals surface area contributed by atoms with Crippen LogP contribution in [0.4, 0.5) is 17.1 Å². The Hall–Kier alpha value is -6.17. The highest BCUT2D eigenvalue weighted by atomic mass is 16.7. The van der Waals surface area contributed by atoms with Crippen LogP contribution in [-0.2, 0) is 23.8 Å². The highest BCUT2D eigenvalue weighted by Gasteiger charge is 2.44. The van der Waals surface area contributed by atoms with Crippen LogP contribution in [0.1, 0.15) is 54.0 Å². The molecule has 7 rings (SSSR count). The first-order valence-corrected chi connectivity index (χ1v) is 21.2. The van der Waals surface area contributed by atoms with Gasteiger partial charge in [-0.1, -0.05) is 45.9 Å². The molecule has 4 aromatic rings. The minimum absolute atomic E-state index is 0.0524. The second-order valence-electron chi connectivity index (χ2n) is 17.5. The van der Waals surface area contributed by atoms with Crippen molar-refractivity contribution in [2.45, 2.75) is 85.6 Å². The summed E-state index contributed by atoms with van der Waals surface area (Å²) in [5.41, 5.74) is -0.899. The largest absolute Gasteiger partial charge is 0.507 e. The lowest BCUT2D eigenvalue weighted by Gasteiger charge is -2.38. The Morgan fingerprint density at radius 1 is 0.938 bits per heavy atom. The summed E-state index contributed by atoms with van der Waals surface area (Å²) >= 11 is 0. The van der Waals surface area contributed by atoms with E-state index >= 15 is 0 Å². The van der Waals surface area contributed by atoms with Crippen molar-refractivity contribution in [1.82, 2.24) is 4.98 Å². The summed E-state index contributed by atoms with van der Waals surface area (Å²) in [6, 6.07) is 1.45. The van der Waals surface area contributed by atoms with Crippen LogP contribution in [-0.4, -0.2) is 102 Å². The fraction of sp³-hybridized carbons (Fsp3) is 0.468. The predicted molar refractivity (Wildman–Crippen MR) is 242 cm³/mol. The third-order valence-electron chi connectivity index (χ3n) is 13.1. The van der Waals surface area contributed by atoms with E-state index in [4.69, 9.17) is 28.3 Å². The van der Waals surface area contributed by atoms with E-state index in [0.29, 0.717) is 24.5 Å². The Bertz CT molecular complexity index is 2850. The van der Waals surface area contributed by atoms with E-state index in [2.05, 4.69) is 5.32 Å². The summed E-state index contributed by atoms with van der Waals surface area (Å²) in [5.74, 6) is -6.95. The zero-order valence-electron chi connectivity index (χ0n) is 37.8. The maximum absolute atomic E-state index is 14.9. The summed E-state index contributed by atoms with van der Waals surface area (Å²) in [6.07, 6.45) is 3.54. The van der Waals surface area contributed by atoms with Gasteiger partial charge in [0.1, 0.15) is 34.5 Å². The topological polar surface area (TPSA) is 231 Å². The molecule has 0 saturated carbocycles. The van der Waals surface area contributed by atoms with Crippen LogP contribution < -0.4 is 35.9 Å². The molecule has 4 heterocycles. The molecule has 17 heteroatoms. The number of nitrogens with one attached hydrogen (secondary N) is 1. The van der Waals surface area contributed by atoms with Gasteiger partial charge in [-0.25, -0.2) is 4.98 Å². The van der Waals surface area contributed by atoms with E-state index in [-0.39, 0.29) is 60.8 Å². The molecule has 17 nitrogen and oxygen atoms in total. The number of esters is 1. The van der Waals surface area contributed by atoms with E-state index in [1.165, 1.54) is 59.3 Å². The Balaban J connectivity index is 1.53. The van der Waals surface area contributed by atoms with Crippen molar-refractivity contribution in [3.05, 3.63) is 73.4 Å². The van der Waals surface area contributed by atoms with E-state index in [0.717, 1.165) is 0 Å². The molecule has 0 unspecified atom stereocenters. The molecule has 0 radical (unpaired) electrons. The number of phenolic OH excluding ortho intramolecular Hbond substituents is 1. The lowest BCUT2D eigenvalue weighted by atomic mass is 9.78. The van der Waals surface area contributed by atoms with Gasteiger partial charge < -0.3 is 58.9 Å². The van der Waals surface area contributed by atoms with Crippen molar-refractivity contribution in [2.75, 3.05) is 49.4 Å². The molecule has 0 spiro atoms. The van der Waals surface area contributed by atoms with Gasteiger partial charge in [0, 0.05) is 94.4 Å². The molecule has 1 amide bonds. The minimum atomic E-state index is -1.98. The number of anilines is 3. The number of phenols is 1. The van der Waals surface area contributed by atoms with Crippen molar-refractivity contribution in [3.63, 3.8) is 0 Å². The third-order valence-corrected chi connectivity index (χ3v) is 13.1. The van der Waals surface area contributed by atoms with Crippen molar-refractivity contribution in [3.8, 4) is 11.5 Å². The average Bonchev–Trinajstić information content (AvgIpc) is 3.52. The number of carbonyl (C=O) groups excluding carboxylic acids is 2. The minimum Gasteiger partial charge on any atom is -0.507 e. The van der Waals surface area contributed by atoms with E-state index < -0.39 is 88.1 Å². The first-order valence-electron chi connectivity index (χ1n) is 21.2. The number of likely N-dealkylation sites (N-methyl/N-ethyl adjacent to an activating group) is 2. The van der Waals surface area contributed by atoms with Crippen molar-refractivity contribution >= 4 is 67.7 Å². The summed E-state index contributed by atoms with van der Waals surface area (Å²) < 4.78 is 30.6. The van der Waals surface area contributed by atoms with Crippen LogP contribution in [0.15, 0.2) is 56.2 Å². The second kappa shape index (κ2) is 17.1. The maximum Gasteiger partial charge on any atom is 0.307 e. The van der Waals surface area contributed by atoms with Crippen LogP contribution in [0.3, 0.4) is 0 Å². The number of benzene rings is 3. The molecule has 0 saturated heterocycles. The monoisotopic (exact) mass is 884 g/mol. The van der Waals surface area contributed by atoms with Crippen molar-refractivity contribution in [2.24, 2.45) is 23.7 Å². The number of fused-ring (bicyclic) bond motifs is 4. The number of hydrogen-bond acceptors (Lipinski definition) is 16. The molecule has 342 valence electrons. The van der Waals surface area contributed by atoms with Gasteiger partial charge in [0.2, 0.25) is 10.9 Å². The van der Waals surface area contributed by atoms with Gasteiger partial charge in [-0.15, -0.1) is 0 Å². The van der Waals surface area contributed by atoms with Gasteiger partial charge in [-0.05, 0) is 19.9 Å². The molecule has 3 aliphatic rings. The number of aliphatic hydroxyl groups is 3. The van der Waals surface area contributed by atoms with E-state index in [1.54, 1.807) is 39.8 Å². The Morgan fingerprint density at radius 2 is 1.62 bits per heavy atom. The van der Waals surface area contributed by atoms with Crippen LogP contribution in [0, 0.1) is 30.6 Å². The number of carbonyl (C=O) groups is 2. The van der Waals surface area contributed by atoms with Crippen LogP contribution >= 0.6 is 0 Å². The van der Waals surface area contributed by atoms with Gasteiger partial charge in [0.25, 0.3) is 5.91 Å². The first-order chi connectivity index (χ1) is 30.1. The fourth-order valence-electron chi connectivity index (χ4n) is 9.11. The maximum atomic E-state index is 14.9. The smallest absolute Gasteiger partial charge is 0.307 e. The molecule has 1 aromatic heterocycles. The van der Waals surface area contributed by atoms with Gasteiger partial charge in [-0.2, -0.15) is 0 Å². The van der Waals surface area contributed by atoms with Gasteiger partial charge in [0.05, 0.1) is 40.9 Å². The molecule has 0 fully saturated rings. The number of rotatable bonds is 2. The normalized spacial score (nSPS) is 29.9. The Kier molecular flexibility index (Phi) is 12.2. The first kappa shape index (κ1) is 45.8. The number of ether oxygens (including phenoxy) is 4. The highest BCUT2D eigenvalue weighted by molar-refractivity contribution is 6.17. The molecule has 5 N–H and O–H groups in total. The number of methoxy groups -OCH3 is 1. The number of aromatic hydroxyl groups is 1. The lowest BCUT2D eigenvalue weighted by Crippen LogP contribution is -2.46. The summed E-state index contributed by atoms with van der Waals surface area (Å²) in [4.78, 5) is 63.8. The zero-order chi connectivity index (χ0) is 46.8. The number of aromatic nitrogens is 1. The molecular weight excluding hydrogens is 829 g/mol. The van der Waals surface area contributed by atoms with Gasteiger partial charge >= 0.3 is 11.8 Å². The Morgan fingerprint density at radius 3 is 2.30 bits per heavy atom. The molecule has 0 aliphatic carbocycles. The highest BCUT2D eigenvalue weighted by Crippen LogP contribution is 2.44.